The number of ether oxygens (including phenoxy) is 2. The summed E-state index contributed by atoms with van der Waals surface area (Å²) in [6, 6.07) is 17.3. The maximum atomic E-state index is 12.3. The fourth-order valence-corrected chi connectivity index (χ4v) is 2.37. The SMILES string of the molecule is COc1ccc(CNC(=O)[C@H](C)[NH+](C)CCOc2ccccc2)cc1. The molecule has 25 heavy (non-hydrogen) atoms. The highest BCUT2D eigenvalue weighted by molar-refractivity contribution is 5.79. The van der Waals surface area contributed by atoms with Crippen LogP contribution in [0.15, 0.2) is 54.6 Å². The van der Waals surface area contributed by atoms with Gasteiger partial charge in [0.1, 0.15) is 24.7 Å². The van der Waals surface area contributed by atoms with E-state index in [0.29, 0.717) is 13.2 Å². The van der Waals surface area contributed by atoms with Crippen LogP contribution in [0, 0.1) is 0 Å². The lowest BCUT2D eigenvalue weighted by atomic mass is 10.2. The quantitative estimate of drug-likeness (QED) is 0.721. The Kier molecular flexibility index (Phi) is 7.29. The highest BCUT2D eigenvalue weighted by Gasteiger charge is 2.21. The summed E-state index contributed by atoms with van der Waals surface area (Å²) >= 11 is 0. The van der Waals surface area contributed by atoms with Gasteiger partial charge in [-0.25, -0.2) is 0 Å². The van der Waals surface area contributed by atoms with Crippen LogP contribution >= 0.6 is 0 Å². The van der Waals surface area contributed by atoms with Crippen molar-refractivity contribution in [2.45, 2.75) is 19.5 Å². The molecular formula is C20H27N2O3+. The van der Waals surface area contributed by atoms with Gasteiger partial charge in [-0.15, -0.1) is 0 Å². The third-order valence-electron chi connectivity index (χ3n) is 4.27. The molecule has 0 heterocycles. The lowest BCUT2D eigenvalue weighted by Crippen LogP contribution is -3.14. The third-order valence-corrected chi connectivity index (χ3v) is 4.27. The molecule has 134 valence electrons. The van der Waals surface area contributed by atoms with Gasteiger partial charge in [-0.05, 0) is 36.8 Å². The molecule has 0 bridgehead atoms. The number of nitrogens with one attached hydrogen (secondary N) is 2. The van der Waals surface area contributed by atoms with Crippen LogP contribution in [-0.2, 0) is 11.3 Å². The summed E-state index contributed by atoms with van der Waals surface area (Å²) in [5, 5.41) is 2.98. The largest absolute Gasteiger partial charge is 0.497 e. The van der Waals surface area contributed by atoms with E-state index in [4.69, 9.17) is 9.47 Å². The van der Waals surface area contributed by atoms with Gasteiger partial charge in [-0.1, -0.05) is 30.3 Å². The van der Waals surface area contributed by atoms with E-state index in [9.17, 15) is 4.79 Å². The molecule has 2 rings (SSSR count). The first-order valence-electron chi connectivity index (χ1n) is 8.51. The number of methoxy groups -OCH3 is 1. The number of hydrogen-bond donors (Lipinski definition) is 2. The Hall–Kier alpha value is -2.53. The molecule has 0 saturated carbocycles. The van der Waals surface area contributed by atoms with Crippen LogP contribution in [0.1, 0.15) is 12.5 Å². The van der Waals surface area contributed by atoms with Gasteiger partial charge in [0.15, 0.2) is 6.04 Å². The minimum absolute atomic E-state index is 0.0352. The van der Waals surface area contributed by atoms with Crippen molar-refractivity contribution in [1.29, 1.82) is 0 Å². The Morgan fingerprint density at radius 2 is 1.76 bits per heavy atom. The minimum Gasteiger partial charge on any atom is -0.497 e. The van der Waals surface area contributed by atoms with Crippen LogP contribution in [0.4, 0.5) is 0 Å². The Bertz CT molecular complexity index is 644. The number of hydrogen-bond acceptors (Lipinski definition) is 3. The van der Waals surface area contributed by atoms with Crippen molar-refractivity contribution in [2.24, 2.45) is 0 Å². The van der Waals surface area contributed by atoms with E-state index in [2.05, 4.69) is 5.32 Å². The maximum Gasteiger partial charge on any atom is 0.278 e. The zero-order chi connectivity index (χ0) is 18.1. The van der Waals surface area contributed by atoms with Gasteiger partial charge in [0.05, 0.1) is 14.2 Å². The second-order valence-electron chi connectivity index (χ2n) is 6.05. The van der Waals surface area contributed by atoms with E-state index in [1.54, 1.807) is 7.11 Å². The molecule has 0 aromatic heterocycles. The molecular weight excluding hydrogens is 316 g/mol. The van der Waals surface area contributed by atoms with Crippen LogP contribution in [-0.4, -0.2) is 39.3 Å². The average molecular weight is 343 g/mol. The molecule has 2 N–H and O–H groups in total. The van der Waals surface area contributed by atoms with E-state index in [-0.39, 0.29) is 11.9 Å². The predicted molar refractivity (Wildman–Crippen MR) is 98.0 cm³/mol. The van der Waals surface area contributed by atoms with E-state index in [1.807, 2.05) is 68.6 Å². The van der Waals surface area contributed by atoms with Gasteiger partial charge in [0.25, 0.3) is 5.91 Å². The minimum atomic E-state index is -0.141. The monoisotopic (exact) mass is 343 g/mol. The summed E-state index contributed by atoms with van der Waals surface area (Å²) in [6.07, 6.45) is 0. The molecule has 0 fully saturated rings. The first-order chi connectivity index (χ1) is 12.1. The molecule has 0 radical (unpaired) electrons. The molecule has 1 amide bonds. The molecule has 2 aromatic carbocycles. The predicted octanol–water partition coefficient (Wildman–Crippen LogP) is 1.29. The highest BCUT2D eigenvalue weighted by Crippen LogP contribution is 2.11. The molecule has 5 nitrogen and oxygen atoms in total. The summed E-state index contributed by atoms with van der Waals surface area (Å²) in [5.41, 5.74) is 1.05. The van der Waals surface area contributed by atoms with Crippen LogP contribution in [0.3, 0.4) is 0 Å². The molecule has 2 atom stereocenters. The number of quaternary nitrogens is 1. The number of para-hydroxylation sites is 1. The molecule has 2 aromatic rings. The second-order valence-corrected chi connectivity index (χ2v) is 6.05. The Morgan fingerprint density at radius 1 is 1.08 bits per heavy atom. The zero-order valence-corrected chi connectivity index (χ0v) is 15.1. The normalized spacial score (nSPS) is 12.9. The summed E-state index contributed by atoms with van der Waals surface area (Å²) in [6.45, 7) is 3.78. The van der Waals surface area contributed by atoms with Gasteiger partial charge in [0.2, 0.25) is 0 Å². The maximum absolute atomic E-state index is 12.3. The smallest absolute Gasteiger partial charge is 0.278 e. The number of carbonyl (C=O) groups excluding carboxylic acids is 1. The van der Waals surface area contributed by atoms with Crippen LogP contribution in [0.2, 0.25) is 0 Å². The lowest BCUT2D eigenvalue weighted by Gasteiger charge is -2.21. The zero-order valence-electron chi connectivity index (χ0n) is 15.1. The highest BCUT2D eigenvalue weighted by atomic mass is 16.5. The van der Waals surface area contributed by atoms with Crippen molar-refractivity contribution in [3.8, 4) is 11.5 Å². The van der Waals surface area contributed by atoms with Crippen LogP contribution in [0.5, 0.6) is 11.5 Å². The topological polar surface area (TPSA) is 52.0 Å². The summed E-state index contributed by atoms with van der Waals surface area (Å²) in [7, 11) is 3.64. The number of rotatable bonds is 9. The second kappa shape index (κ2) is 9.69. The molecule has 0 aliphatic carbocycles. The summed E-state index contributed by atoms with van der Waals surface area (Å²) in [5.74, 6) is 1.70. The first-order valence-corrected chi connectivity index (χ1v) is 8.51. The Balaban J connectivity index is 1.72. The fourth-order valence-electron chi connectivity index (χ4n) is 2.37. The van der Waals surface area contributed by atoms with Gasteiger partial charge < -0.3 is 19.7 Å². The molecule has 0 spiro atoms. The van der Waals surface area contributed by atoms with Crippen molar-refractivity contribution < 1.29 is 19.2 Å². The van der Waals surface area contributed by atoms with E-state index >= 15 is 0 Å². The summed E-state index contributed by atoms with van der Waals surface area (Å²) < 4.78 is 10.8. The Morgan fingerprint density at radius 3 is 2.40 bits per heavy atom. The standard InChI is InChI=1S/C20H26N2O3/c1-16(22(2)13-14-25-19-7-5-4-6-8-19)20(23)21-15-17-9-11-18(24-3)12-10-17/h4-12,16H,13-15H2,1-3H3,(H,21,23)/p+1/t16-/m0/s1. The molecule has 0 saturated heterocycles. The third kappa shape index (κ3) is 6.12. The molecule has 1 unspecified atom stereocenters. The number of likely N-dealkylation sites (N-methyl/N-ethyl adjacent to an activating group) is 1. The van der Waals surface area contributed by atoms with Crippen LogP contribution < -0.4 is 19.7 Å². The number of benzene rings is 2. The average Bonchev–Trinajstić information content (AvgIpc) is 2.66. The van der Waals surface area contributed by atoms with Crippen molar-refractivity contribution in [3.05, 3.63) is 60.2 Å². The molecule has 5 heteroatoms. The summed E-state index contributed by atoms with van der Waals surface area (Å²) in [4.78, 5) is 13.4. The number of carbonyl (C=O) groups is 1. The lowest BCUT2D eigenvalue weighted by molar-refractivity contribution is -0.894. The van der Waals surface area contributed by atoms with E-state index in [0.717, 1.165) is 28.5 Å². The van der Waals surface area contributed by atoms with Gasteiger partial charge >= 0.3 is 0 Å². The van der Waals surface area contributed by atoms with Crippen LogP contribution in [0.25, 0.3) is 0 Å². The molecule has 0 aliphatic rings. The van der Waals surface area contributed by atoms with E-state index in [1.165, 1.54) is 0 Å². The van der Waals surface area contributed by atoms with Crippen molar-refractivity contribution >= 4 is 5.91 Å². The molecule has 0 aliphatic heterocycles. The van der Waals surface area contributed by atoms with Gasteiger partial charge in [0, 0.05) is 6.54 Å². The Labute approximate surface area is 149 Å². The van der Waals surface area contributed by atoms with Crippen molar-refractivity contribution in [3.63, 3.8) is 0 Å². The first kappa shape index (κ1) is 18.8. The van der Waals surface area contributed by atoms with Gasteiger partial charge in [-0.3, -0.25) is 4.79 Å². The van der Waals surface area contributed by atoms with Gasteiger partial charge in [-0.2, -0.15) is 0 Å². The fraction of sp³-hybridized carbons (Fsp3) is 0.350. The number of amides is 1. The van der Waals surface area contributed by atoms with E-state index < -0.39 is 0 Å². The van der Waals surface area contributed by atoms with Crippen molar-refractivity contribution in [2.75, 3.05) is 27.3 Å². The van der Waals surface area contributed by atoms with Crippen molar-refractivity contribution in [1.82, 2.24) is 5.32 Å².